The molecule has 3 aromatic rings. The van der Waals surface area contributed by atoms with Crippen molar-refractivity contribution in [2.24, 2.45) is 0 Å². The second-order valence-electron chi connectivity index (χ2n) is 9.64. The molecule has 0 bridgehead atoms. The van der Waals surface area contributed by atoms with E-state index < -0.39 is 34.4 Å². The summed E-state index contributed by atoms with van der Waals surface area (Å²) >= 11 is 25.3. The van der Waals surface area contributed by atoms with Gasteiger partial charge < -0.3 is 10.2 Å². The number of nitrogens with zero attached hydrogens (tertiary/aromatic N) is 2. The molecule has 0 unspecified atom stereocenters. The summed E-state index contributed by atoms with van der Waals surface area (Å²) in [5, 5.41) is 3.97. The number of anilines is 1. The van der Waals surface area contributed by atoms with Crippen LogP contribution in [0.25, 0.3) is 0 Å². The van der Waals surface area contributed by atoms with Gasteiger partial charge in [-0.15, -0.1) is 0 Å². The molecule has 7 nitrogen and oxygen atoms in total. The number of carbonyl (C=O) groups excluding carboxylic acids is 2. The summed E-state index contributed by atoms with van der Waals surface area (Å²) in [5.74, 6) is -1.04. The highest BCUT2D eigenvalue weighted by atomic mass is 35.5. The lowest BCUT2D eigenvalue weighted by Crippen LogP contribution is -2.54. The van der Waals surface area contributed by atoms with Crippen molar-refractivity contribution in [2.75, 3.05) is 17.1 Å². The van der Waals surface area contributed by atoms with Gasteiger partial charge in [0.1, 0.15) is 12.6 Å². The van der Waals surface area contributed by atoms with Crippen molar-refractivity contribution in [2.45, 2.75) is 45.3 Å². The summed E-state index contributed by atoms with van der Waals surface area (Å²) < 4.78 is 26.7. The lowest BCUT2D eigenvalue weighted by Gasteiger charge is -2.34. The first kappa shape index (κ1) is 33.0. The molecule has 0 aliphatic heterocycles. The Bertz CT molecular complexity index is 1450. The van der Waals surface area contributed by atoms with Crippen LogP contribution in [-0.2, 0) is 32.6 Å². The van der Waals surface area contributed by atoms with Gasteiger partial charge in [-0.25, -0.2) is 8.42 Å². The van der Waals surface area contributed by atoms with Crippen LogP contribution in [-0.4, -0.2) is 50.0 Å². The Kier molecular flexibility index (Phi) is 11.8. The maximum atomic E-state index is 14.1. The van der Waals surface area contributed by atoms with E-state index in [-0.39, 0.29) is 34.7 Å². The molecule has 1 N–H and O–H groups in total. The molecule has 0 fully saturated rings. The first-order valence-corrected chi connectivity index (χ1v) is 16.2. The van der Waals surface area contributed by atoms with E-state index in [0.29, 0.717) is 22.0 Å². The van der Waals surface area contributed by atoms with Gasteiger partial charge in [0.15, 0.2) is 0 Å². The van der Waals surface area contributed by atoms with Gasteiger partial charge in [-0.2, -0.15) is 0 Å². The molecule has 0 aromatic heterocycles. The third kappa shape index (κ3) is 9.25. The van der Waals surface area contributed by atoms with E-state index in [9.17, 15) is 18.0 Å². The van der Waals surface area contributed by atoms with Gasteiger partial charge in [0, 0.05) is 44.7 Å². The molecular formula is C29H31Cl4N3O4S. The molecule has 0 aliphatic rings. The van der Waals surface area contributed by atoms with E-state index in [4.69, 9.17) is 46.4 Å². The number of rotatable bonds is 12. The first-order chi connectivity index (χ1) is 19.3. The van der Waals surface area contributed by atoms with Crippen molar-refractivity contribution in [1.82, 2.24) is 10.2 Å². The Balaban J connectivity index is 2.13. The molecule has 0 saturated carbocycles. The van der Waals surface area contributed by atoms with Gasteiger partial charge in [0.25, 0.3) is 0 Å². The number of hydrogen-bond acceptors (Lipinski definition) is 4. The third-order valence-corrected chi connectivity index (χ3v) is 8.76. The van der Waals surface area contributed by atoms with E-state index in [0.717, 1.165) is 16.1 Å². The van der Waals surface area contributed by atoms with E-state index in [1.54, 1.807) is 18.2 Å². The molecule has 0 heterocycles. The molecule has 41 heavy (non-hydrogen) atoms. The fraction of sp³-hybridized carbons (Fsp3) is 0.310. The maximum absolute atomic E-state index is 14.1. The quantitative estimate of drug-likeness (QED) is 0.237. The predicted molar refractivity (Wildman–Crippen MR) is 167 cm³/mol. The molecule has 12 heteroatoms. The Hall–Kier alpha value is -2.49. The molecule has 3 rings (SSSR count). The average molecular weight is 659 g/mol. The standard InChI is InChI=1S/C29H31Cl4N3O4S/c1-4-19(2)34-29(38)27(13-20-9-6-5-7-10-20)35(17-24-25(32)11-8-12-26(24)33)28(37)18-36(41(3,39)40)23-15-21(30)14-22(31)16-23/h5-12,14-16,19,27H,4,13,17-18H2,1-3H3,(H,34,38)/t19-,27+/m0/s1. The highest BCUT2D eigenvalue weighted by Crippen LogP contribution is 2.30. The van der Waals surface area contributed by atoms with Gasteiger partial charge >= 0.3 is 0 Å². The maximum Gasteiger partial charge on any atom is 0.244 e. The highest BCUT2D eigenvalue weighted by molar-refractivity contribution is 7.92. The van der Waals surface area contributed by atoms with Gasteiger partial charge in [0.2, 0.25) is 21.8 Å². The predicted octanol–water partition coefficient (Wildman–Crippen LogP) is 6.62. The number of nitrogens with one attached hydrogen (secondary N) is 1. The Morgan fingerprint density at radius 2 is 1.49 bits per heavy atom. The first-order valence-electron chi connectivity index (χ1n) is 12.8. The summed E-state index contributed by atoms with van der Waals surface area (Å²) in [6, 6.07) is 17.2. The molecular weight excluding hydrogens is 628 g/mol. The zero-order chi connectivity index (χ0) is 30.3. The zero-order valence-electron chi connectivity index (χ0n) is 22.8. The van der Waals surface area contributed by atoms with Crippen LogP contribution in [0.1, 0.15) is 31.4 Å². The van der Waals surface area contributed by atoms with Crippen LogP contribution >= 0.6 is 46.4 Å². The minimum Gasteiger partial charge on any atom is -0.352 e. The van der Waals surface area contributed by atoms with Crippen LogP contribution < -0.4 is 9.62 Å². The van der Waals surface area contributed by atoms with E-state index >= 15 is 0 Å². The minimum absolute atomic E-state index is 0.109. The van der Waals surface area contributed by atoms with Crippen molar-refractivity contribution in [1.29, 1.82) is 0 Å². The summed E-state index contributed by atoms with van der Waals surface area (Å²) in [6.07, 6.45) is 1.81. The molecule has 2 amide bonds. The Morgan fingerprint density at radius 3 is 2.02 bits per heavy atom. The minimum atomic E-state index is -3.98. The molecule has 0 radical (unpaired) electrons. The highest BCUT2D eigenvalue weighted by Gasteiger charge is 2.34. The molecule has 0 spiro atoms. The van der Waals surface area contributed by atoms with Crippen molar-refractivity contribution < 1.29 is 18.0 Å². The molecule has 2 atom stereocenters. The van der Waals surface area contributed by atoms with E-state index in [1.165, 1.54) is 23.1 Å². The van der Waals surface area contributed by atoms with Gasteiger partial charge in [-0.3, -0.25) is 13.9 Å². The van der Waals surface area contributed by atoms with Crippen molar-refractivity contribution in [3.05, 3.63) is 97.9 Å². The van der Waals surface area contributed by atoms with Crippen LogP contribution in [0.2, 0.25) is 20.1 Å². The molecule has 3 aromatic carbocycles. The smallest absolute Gasteiger partial charge is 0.244 e. The largest absolute Gasteiger partial charge is 0.352 e. The third-order valence-electron chi connectivity index (χ3n) is 6.48. The van der Waals surface area contributed by atoms with Crippen molar-refractivity contribution in [3.63, 3.8) is 0 Å². The monoisotopic (exact) mass is 657 g/mol. The summed E-state index contributed by atoms with van der Waals surface area (Å²) in [6.45, 7) is 3.03. The number of amides is 2. The summed E-state index contributed by atoms with van der Waals surface area (Å²) in [4.78, 5) is 29.2. The van der Waals surface area contributed by atoms with Crippen molar-refractivity contribution >= 4 is 73.9 Å². The lowest BCUT2D eigenvalue weighted by atomic mass is 10.0. The average Bonchev–Trinajstić information content (AvgIpc) is 2.89. The van der Waals surface area contributed by atoms with Gasteiger partial charge in [-0.05, 0) is 49.2 Å². The zero-order valence-corrected chi connectivity index (χ0v) is 26.6. The fourth-order valence-corrected chi connectivity index (χ4v) is 6.01. The van der Waals surface area contributed by atoms with Crippen LogP contribution in [0.3, 0.4) is 0 Å². The van der Waals surface area contributed by atoms with Crippen LogP contribution in [0.15, 0.2) is 66.7 Å². The normalized spacial score (nSPS) is 12.9. The Morgan fingerprint density at radius 1 is 0.902 bits per heavy atom. The fourth-order valence-electron chi connectivity index (χ4n) is 4.15. The summed E-state index contributed by atoms with van der Waals surface area (Å²) in [7, 11) is -3.98. The number of carbonyl (C=O) groups is 2. The number of hydrogen-bond donors (Lipinski definition) is 1. The SMILES string of the molecule is CC[C@H](C)NC(=O)[C@@H](Cc1ccccc1)N(Cc1c(Cl)cccc1Cl)C(=O)CN(c1cc(Cl)cc(Cl)c1)S(C)(=O)=O. The lowest BCUT2D eigenvalue weighted by molar-refractivity contribution is -0.140. The number of sulfonamides is 1. The second kappa shape index (κ2) is 14.6. The summed E-state index contributed by atoms with van der Waals surface area (Å²) in [5.41, 5.74) is 1.34. The van der Waals surface area contributed by atoms with Crippen LogP contribution in [0, 0.1) is 0 Å². The van der Waals surface area contributed by atoms with E-state index in [1.807, 2.05) is 44.2 Å². The van der Waals surface area contributed by atoms with Gasteiger partial charge in [-0.1, -0.05) is 89.7 Å². The van der Waals surface area contributed by atoms with E-state index in [2.05, 4.69) is 5.32 Å². The van der Waals surface area contributed by atoms with Crippen LogP contribution in [0.4, 0.5) is 5.69 Å². The molecule has 0 aliphatic carbocycles. The van der Waals surface area contributed by atoms with Gasteiger partial charge in [0.05, 0.1) is 11.9 Å². The van der Waals surface area contributed by atoms with Crippen LogP contribution in [0.5, 0.6) is 0 Å². The second-order valence-corrected chi connectivity index (χ2v) is 13.2. The Labute approximate surface area is 261 Å². The number of halogens is 4. The number of benzene rings is 3. The molecule has 0 saturated heterocycles. The topological polar surface area (TPSA) is 86.8 Å². The molecule has 220 valence electrons. The van der Waals surface area contributed by atoms with Crippen molar-refractivity contribution in [3.8, 4) is 0 Å².